The Balaban J connectivity index is 2.45. The summed E-state index contributed by atoms with van der Waals surface area (Å²) in [5.74, 6) is -0.132. The van der Waals surface area contributed by atoms with Crippen molar-refractivity contribution in [2.45, 2.75) is 66.3 Å². The van der Waals surface area contributed by atoms with Crippen molar-refractivity contribution in [1.82, 2.24) is 15.6 Å². The van der Waals surface area contributed by atoms with Gasteiger partial charge in [0.05, 0.1) is 11.7 Å². The van der Waals surface area contributed by atoms with E-state index in [9.17, 15) is 9.59 Å². The van der Waals surface area contributed by atoms with Crippen molar-refractivity contribution in [1.29, 1.82) is 0 Å². The number of aromatic nitrogens is 1. The van der Waals surface area contributed by atoms with Crippen LogP contribution in [0.5, 0.6) is 0 Å². The van der Waals surface area contributed by atoms with Gasteiger partial charge in [-0.3, -0.25) is 9.59 Å². The fraction of sp³-hybridized carbons (Fsp3) is 0.706. The van der Waals surface area contributed by atoms with E-state index in [2.05, 4.69) is 36.4 Å². The maximum atomic E-state index is 12.0. The van der Waals surface area contributed by atoms with Crippen molar-refractivity contribution in [2.75, 3.05) is 6.54 Å². The molecular formula is C17H29N3O2S. The van der Waals surface area contributed by atoms with Crippen molar-refractivity contribution in [3.05, 3.63) is 16.1 Å². The second-order valence-corrected chi connectivity index (χ2v) is 8.76. The summed E-state index contributed by atoms with van der Waals surface area (Å²) in [4.78, 5) is 28.3. The summed E-state index contributed by atoms with van der Waals surface area (Å²) in [6.45, 7) is 14.2. The summed E-state index contributed by atoms with van der Waals surface area (Å²) in [6, 6.07) is -0.123. The molecule has 0 aliphatic rings. The predicted molar refractivity (Wildman–Crippen MR) is 94.5 cm³/mol. The van der Waals surface area contributed by atoms with Crippen molar-refractivity contribution < 1.29 is 9.59 Å². The molecule has 5 nitrogen and oxygen atoms in total. The van der Waals surface area contributed by atoms with Crippen LogP contribution in [0.3, 0.4) is 0 Å². The zero-order valence-electron chi connectivity index (χ0n) is 15.2. The number of amides is 2. The van der Waals surface area contributed by atoms with Gasteiger partial charge < -0.3 is 10.6 Å². The molecule has 0 bridgehead atoms. The minimum Gasteiger partial charge on any atom is -0.355 e. The quantitative estimate of drug-likeness (QED) is 0.865. The lowest BCUT2D eigenvalue weighted by atomic mass is 9.93. The van der Waals surface area contributed by atoms with E-state index in [1.54, 1.807) is 11.3 Å². The van der Waals surface area contributed by atoms with Crippen LogP contribution in [0.1, 0.15) is 71.6 Å². The summed E-state index contributed by atoms with van der Waals surface area (Å²) >= 11 is 1.56. The van der Waals surface area contributed by atoms with Gasteiger partial charge in [-0.25, -0.2) is 4.98 Å². The Morgan fingerprint density at radius 1 is 1.22 bits per heavy atom. The molecule has 0 radical (unpaired) electrons. The third kappa shape index (κ3) is 6.29. The zero-order chi connectivity index (χ0) is 17.8. The average Bonchev–Trinajstić information content (AvgIpc) is 2.86. The molecule has 0 aliphatic carbocycles. The van der Waals surface area contributed by atoms with Crippen LogP contribution < -0.4 is 10.6 Å². The highest BCUT2D eigenvalue weighted by Crippen LogP contribution is 2.26. The third-order valence-corrected chi connectivity index (χ3v) is 4.38. The fourth-order valence-corrected chi connectivity index (χ4v) is 2.81. The molecule has 0 aliphatic heterocycles. The molecule has 0 saturated carbocycles. The molecule has 130 valence electrons. The molecule has 0 aromatic carbocycles. The van der Waals surface area contributed by atoms with E-state index >= 15 is 0 Å². The molecular weight excluding hydrogens is 310 g/mol. The molecule has 0 saturated heterocycles. The van der Waals surface area contributed by atoms with Crippen LogP contribution in [-0.4, -0.2) is 23.3 Å². The third-order valence-electron chi connectivity index (χ3n) is 3.36. The van der Waals surface area contributed by atoms with E-state index in [0.717, 1.165) is 10.7 Å². The number of nitrogens with zero attached hydrogens (tertiary/aromatic N) is 1. The van der Waals surface area contributed by atoms with Gasteiger partial charge in [-0.2, -0.15) is 0 Å². The van der Waals surface area contributed by atoms with Crippen molar-refractivity contribution >= 4 is 23.2 Å². The molecule has 1 aromatic heterocycles. The molecule has 23 heavy (non-hydrogen) atoms. The van der Waals surface area contributed by atoms with Gasteiger partial charge in [-0.15, -0.1) is 11.3 Å². The summed E-state index contributed by atoms with van der Waals surface area (Å²) in [5, 5.41) is 8.66. The Labute approximate surface area is 143 Å². The monoisotopic (exact) mass is 339 g/mol. The maximum absolute atomic E-state index is 12.0. The van der Waals surface area contributed by atoms with Crippen LogP contribution >= 0.6 is 11.3 Å². The normalized spacial score (nSPS) is 13.5. The van der Waals surface area contributed by atoms with Gasteiger partial charge in [0.1, 0.15) is 5.01 Å². The fourth-order valence-electron chi connectivity index (χ4n) is 1.76. The maximum Gasteiger partial charge on any atom is 0.225 e. The van der Waals surface area contributed by atoms with E-state index in [-0.39, 0.29) is 29.7 Å². The molecule has 0 spiro atoms. The number of thiazole rings is 1. The summed E-state index contributed by atoms with van der Waals surface area (Å²) in [5.41, 5.74) is 0.611. The van der Waals surface area contributed by atoms with Crippen LogP contribution in [0.4, 0.5) is 0 Å². The minimum atomic E-state index is -0.436. The van der Waals surface area contributed by atoms with Crippen molar-refractivity contribution in [3.63, 3.8) is 0 Å². The van der Waals surface area contributed by atoms with Gasteiger partial charge in [-0.05, 0) is 6.92 Å². The van der Waals surface area contributed by atoms with E-state index < -0.39 is 5.41 Å². The molecule has 0 fully saturated rings. The Morgan fingerprint density at radius 3 is 2.30 bits per heavy atom. The summed E-state index contributed by atoms with van der Waals surface area (Å²) < 4.78 is 0. The number of carbonyl (C=O) groups excluding carboxylic acids is 2. The van der Waals surface area contributed by atoms with Crippen molar-refractivity contribution in [3.8, 4) is 0 Å². The first-order chi connectivity index (χ1) is 10.4. The van der Waals surface area contributed by atoms with Gasteiger partial charge in [0.25, 0.3) is 0 Å². The van der Waals surface area contributed by atoms with Gasteiger partial charge in [0.2, 0.25) is 11.8 Å². The molecule has 1 atom stereocenters. The molecule has 0 unspecified atom stereocenters. The molecule has 2 N–H and O–H groups in total. The molecule has 1 rings (SSSR count). The highest BCUT2D eigenvalue weighted by Gasteiger charge is 2.22. The SMILES string of the molecule is C[C@@H](NC(=O)CCNC(=O)C(C)(C)C)c1nc(C(C)(C)C)cs1. The smallest absolute Gasteiger partial charge is 0.225 e. The Kier molecular flexibility index (Phi) is 6.33. The largest absolute Gasteiger partial charge is 0.355 e. The highest BCUT2D eigenvalue weighted by molar-refractivity contribution is 7.09. The molecule has 2 amide bonds. The number of hydrogen-bond donors (Lipinski definition) is 2. The van der Waals surface area contributed by atoms with E-state index in [4.69, 9.17) is 0 Å². The number of rotatable bonds is 5. The number of nitrogens with one attached hydrogen (secondary N) is 2. The van der Waals surface area contributed by atoms with E-state index in [0.29, 0.717) is 6.54 Å². The first-order valence-electron chi connectivity index (χ1n) is 7.95. The Bertz CT molecular complexity index is 553. The summed E-state index contributed by atoms with van der Waals surface area (Å²) in [6.07, 6.45) is 0.268. The Morgan fingerprint density at radius 2 is 1.83 bits per heavy atom. The number of carbonyl (C=O) groups is 2. The number of hydrogen-bond acceptors (Lipinski definition) is 4. The second-order valence-electron chi connectivity index (χ2n) is 7.87. The minimum absolute atomic E-state index is 0.00964. The highest BCUT2D eigenvalue weighted by atomic mass is 32.1. The van der Waals surface area contributed by atoms with Gasteiger partial charge in [0.15, 0.2) is 0 Å². The van der Waals surface area contributed by atoms with Gasteiger partial charge >= 0.3 is 0 Å². The van der Waals surface area contributed by atoms with Crippen molar-refractivity contribution in [2.24, 2.45) is 5.41 Å². The van der Waals surface area contributed by atoms with E-state index in [1.807, 2.05) is 33.1 Å². The average molecular weight is 340 g/mol. The first-order valence-corrected chi connectivity index (χ1v) is 8.83. The molecule has 1 heterocycles. The van der Waals surface area contributed by atoms with Crippen LogP contribution in [0.2, 0.25) is 0 Å². The van der Waals surface area contributed by atoms with Crippen LogP contribution in [-0.2, 0) is 15.0 Å². The topological polar surface area (TPSA) is 71.1 Å². The molecule has 1 aromatic rings. The van der Waals surface area contributed by atoms with Gasteiger partial charge in [0, 0.05) is 29.2 Å². The lowest BCUT2D eigenvalue weighted by Crippen LogP contribution is -2.37. The van der Waals surface area contributed by atoms with Crippen LogP contribution in [0.15, 0.2) is 5.38 Å². The second kappa shape index (κ2) is 7.43. The predicted octanol–water partition coefficient (Wildman–Crippen LogP) is 3.17. The lowest BCUT2D eigenvalue weighted by molar-refractivity contribution is -0.128. The molecule has 6 heteroatoms. The van der Waals surface area contributed by atoms with Crippen LogP contribution in [0, 0.1) is 5.41 Å². The lowest BCUT2D eigenvalue weighted by Gasteiger charge is -2.18. The zero-order valence-corrected chi connectivity index (χ0v) is 16.1. The Hall–Kier alpha value is -1.43. The van der Waals surface area contributed by atoms with Gasteiger partial charge in [-0.1, -0.05) is 41.5 Å². The standard InChI is InChI=1S/C17H29N3O2S/c1-11(14-20-12(10-23-14)16(2,3)4)19-13(21)8-9-18-15(22)17(5,6)7/h10-11H,8-9H2,1-7H3,(H,18,22)(H,19,21)/t11-/m1/s1. The van der Waals surface area contributed by atoms with E-state index in [1.165, 1.54) is 0 Å². The van der Waals surface area contributed by atoms with Crippen LogP contribution in [0.25, 0.3) is 0 Å². The first kappa shape index (κ1) is 19.6. The summed E-state index contributed by atoms with van der Waals surface area (Å²) in [7, 11) is 0.